The molecule has 1 aliphatic heterocycles. The van der Waals surface area contributed by atoms with Gasteiger partial charge in [-0.05, 0) is 37.5 Å². The van der Waals surface area contributed by atoms with Crippen LogP contribution in [0.25, 0.3) is 0 Å². The maximum Gasteiger partial charge on any atom is 0.224 e. The Bertz CT molecular complexity index is 694. The van der Waals surface area contributed by atoms with E-state index in [2.05, 4.69) is 20.1 Å². The van der Waals surface area contributed by atoms with Gasteiger partial charge < -0.3 is 14.6 Å². The molecule has 6 nitrogen and oxygen atoms in total. The van der Waals surface area contributed by atoms with Crippen molar-refractivity contribution >= 4 is 5.91 Å². The minimum absolute atomic E-state index is 0.0151. The lowest BCUT2D eigenvalue weighted by molar-refractivity contribution is -0.121. The van der Waals surface area contributed by atoms with Gasteiger partial charge >= 0.3 is 0 Å². The Hall–Kier alpha value is -2.37. The summed E-state index contributed by atoms with van der Waals surface area (Å²) in [5, 5.41) is 11.6. The topological polar surface area (TPSA) is 69.0 Å². The SMILES string of the molecule is COc1ccc(CC(=O)N[C@@H](C)c2nnc3n2CCCCC3)cc1. The molecule has 128 valence electrons. The number of benzene rings is 1. The highest BCUT2D eigenvalue weighted by Crippen LogP contribution is 2.19. The average Bonchev–Trinajstić information content (AvgIpc) is 2.84. The Morgan fingerprint density at radius 3 is 2.79 bits per heavy atom. The van der Waals surface area contributed by atoms with Gasteiger partial charge in [-0.1, -0.05) is 18.6 Å². The molecule has 6 heteroatoms. The Labute approximate surface area is 142 Å². The molecule has 0 spiro atoms. The third-order valence-corrected chi connectivity index (χ3v) is 4.43. The molecule has 2 aromatic rings. The summed E-state index contributed by atoms with van der Waals surface area (Å²) in [6, 6.07) is 7.41. The zero-order valence-corrected chi connectivity index (χ0v) is 14.3. The van der Waals surface area contributed by atoms with Crippen LogP contribution in [0.4, 0.5) is 0 Å². The number of ether oxygens (including phenoxy) is 1. The highest BCUT2D eigenvalue weighted by atomic mass is 16.5. The van der Waals surface area contributed by atoms with E-state index in [1.165, 1.54) is 6.42 Å². The van der Waals surface area contributed by atoms with Crippen molar-refractivity contribution < 1.29 is 9.53 Å². The van der Waals surface area contributed by atoms with Crippen molar-refractivity contribution in [3.63, 3.8) is 0 Å². The Morgan fingerprint density at radius 1 is 1.25 bits per heavy atom. The molecular weight excluding hydrogens is 304 g/mol. The number of rotatable bonds is 5. The lowest BCUT2D eigenvalue weighted by atomic mass is 10.1. The fraction of sp³-hybridized carbons (Fsp3) is 0.500. The number of hydrogen-bond acceptors (Lipinski definition) is 4. The number of hydrogen-bond donors (Lipinski definition) is 1. The summed E-state index contributed by atoms with van der Waals surface area (Å²) in [5.41, 5.74) is 0.959. The first-order valence-corrected chi connectivity index (χ1v) is 8.51. The zero-order valence-electron chi connectivity index (χ0n) is 14.3. The van der Waals surface area contributed by atoms with Crippen LogP contribution < -0.4 is 10.1 Å². The first-order valence-electron chi connectivity index (χ1n) is 8.51. The van der Waals surface area contributed by atoms with Gasteiger partial charge in [-0.25, -0.2) is 0 Å². The average molecular weight is 328 g/mol. The van der Waals surface area contributed by atoms with Crippen molar-refractivity contribution in [1.29, 1.82) is 0 Å². The summed E-state index contributed by atoms with van der Waals surface area (Å²) in [6.45, 7) is 2.91. The van der Waals surface area contributed by atoms with Crippen LogP contribution in [0.1, 0.15) is 49.4 Å². The van der Waals surface area contributed by atoms with Crippen molar-refractivity contribution in [2.45, 2.75) is 51.6 Å². The van der Waals surface area contributed by atoms with Crippen LogP contribution in [0.15, 0.2) is 24.3 Å². The van der Waals surface area contributed by atoms with Gasteiger partial charge in [0.2, 0.25) is 5.91 Å². The minimum Gasteiger partial charge on any atom is -0.497 e. The van der Waals surface area contributed by atoms with Crippen LogP contribution in [0.2, 0.25) is 0 Å². The normalized spacial score (nSPS) is 15.2. The van der Waals surface area contributed by atoms with Gasteiger partial charge in [-0.3, -0.25) is 4.79 Å². The molecule has 2 heterocycles. The molecule has 3 rings (SSSR count). The van der Waals surface area contributed by atoms with Crippen LogP contribution in [-0.4, -0.2) is 27.8 Å². The fourth-order valence-electron chi connectivity index (χ4n) is 3.11. The van der Waals surface area contributed by atoms with Gasteiger partial charge in [-0.2, -0.15) is 0 Å². The number of nitrogens with zero attached hydrogens (tertiary/aromatic N) is 3. The van der Waals surface area contributed by atoms with Gasteiger partial charge in [-0.15, -0.1) is 10.2 Å². The number of nitrogens with one attached hydrogen (secondary N) is 1. The number of methoxy groups -OCH3 is 1. The number of carbonyl (C=O) groups excluding carboxylic acids is 1. The first-order chi connectivity index (χ1) is 11.7. The molecule has 24 heavy (non-hydrogen) atoms. The van der Waals surface area contributed by atoms with Crippen molar-refractivity contribution in [3.8, 4) is 5.75 Å². The van der Waals surface area contributed by atoms with Gasteiger partial charge in [0, 0.05) is 13.0 Å². The lowest BCUT2D eigenvalue weighted by Gasteiger charge is -2.15. The molecule has 0 saturated carbocycles. The minimum atomic E-state index is -0.143. The molecule has 1 aromatic carbocycles. The summed E-state index contributed by atoms with van der Waals surface area (Å²) >= 11 is 0. The highest BCUT2D eigenvalue weighted by Gasteiger charge is 2.20. The third kappa shape index (κ3) is 3.75. The molecule has 0 saturated heterocycles. The van der Waals surface area contributed by atoms with Gasteiger partial charge in [0.1, 0.15) is 11.6 Å². The summed E-state index contributed by atoms with van der Waals surface area (Å²) < 4.78 is 7.30. The maximum absolute atomic E-state index is 12.3. The van der Waals surface area contributed by atoms with Crippen LogP contribution in [0.3, 0.4) is 0 Å². The van der Waals surface area contributed by atoms with Crippen molar-refractivity contribution in [3.05, 3.63) is 41.5 Å². The molecule has 0 fully saturated rings. The summed E-state index contributed by atoms with van der Waals surface area (Å²) in [7, 11) is 1.63. The number of carbonyl (C=O) groups is 1. The Kier molecular flexibility index (Phi) is 5.13. The van der Waals surface area contributed by atoms with E-state index >= 15 is 0 Å². The van der Waals surface area contributed by atoms with E-state index in [0.717, 1.165) is 48.8 Å². The van der Waals surface area contributed by atoms with E-state index in [-0.39, 0.29) is 11.9 Å². The summed E-state index contributed by atoms with van der Waals surface area (Å²) in [5.74, 6) is 2.67. The molecule has 1 atom stereocenters. The second-order valence-corrected chi connectivity index (χ2v) is 6.25. The number of fused-ring (bicyclic) bond motifs is 1. The van der Waals surface area contributed by atoms with Gasteiger partial charge in [0.25, 0.3) is 0 Å². The van der Waals surface area contributed by atoms with Crippen LogP contribution in [-0.2, 0) is 24.2 Å². The maximum atomic E-state index is 12.3. The van der Waals surface area contributed by atoms with E-state index < -0.39 is 0 Å². The number of aryl methyl sites for hydroxylation is 1. The molecule has 0 unspecified atom stereocenters. The first kappa shape index (κ1) is 16.5. The largest absolute Gasteiger partial charge is 0.497 e. The van der Waals surface area contributed by atoms with Crippen LogP contribution in [0.5, 0.6) is 5.75 Å². The van der Waals surface area contributed by atoms with E-state index in [1.807, 2.05) is 31.2 Å². The number of amides is 1. The van der Waals surface area contributed by atoms with Crippen LogP contribution >= 0.6 is 0 Å². The highest BCUT2D eigenvalue weighted by molar-refractivity contribution is 5.78. The molecular formula is C18H24N4O2. The Balaban J connectivity index is 1.62. The van der Waals surface area contributed by atoms with E-state index in [0.29, 0.717) is 6.42 Å². The predicted molar refractivity (Wildman–Crippen MR) is 90.8 cm³/mol. The second kappa shape index (κ2) is 7.47. The van der Waals surface area contributed by atoms with E-state index in [4.69, 9.17) is 4.74 Å². The molecule has 1 amide bonds. The predicted octanol–water partition coefficient (Wildman–Crippen LogP) is 2.43. The standard InChI is InChI=1S/C18H24N4O2/c1-13(18-21-20-16-6-4-3-5-11-22(16)18)19-17(23)12-14-7-9-15(24-2)10-8-14/h7-10,13H,3-6,11-12H2,1-2H3,(H,19,23)/t13-/m0/s1. The second-order valence-electron chi connectivity index (χ2n) is 6.25. The van der Waals surface area contributed by atoms with Crippen molar-refractivity contribution in [1.82, 2.24) is 20.1 Å². The molecule has 1 aliphatic rings. The quantitative estimate of drug-likeness (QED) is 0.915. The van der Waals surface area contributed by atoms with Gasteiger partial charge in [0.05, 0.1) is 19.6 Å². The summed E-state index contributed by atoms with van der Waals surface area (Å²) in [4.78, 5) is 12.3. The molecule has 1 N–H and O–H groups in total. The fourth-order valence-corrected chi connectivity index (χ4v) is 3.11. The van der Waals surface area contributed by atoms with Crippen LogP contribution in [0, 0.1) is 0 Å². The lowest BCUT2D eigenvalue weighted by Crippen LogP contribution is -2.30. The Morgan fingerprint density at radius 2 is 2.04 bits per heavy atom. The van der Waals surface area contributed by atoms with E-state index in [1.54, 1.807) is 7.11 Å². The zero-order chi connectivity index (χ0) is 16.9. The molecule has 0 radical (unpaired) electrons. The van der Waals surface area contributed by atoms with Crippen molar-refractivity contribution in [2.75, 3.05) is 7.11 Å². The molecule has 1 aromatic heterocycles. The number of aromatic nitrogens is 3. The monoisotopic (exact) mass is 328 g/mol. The molecule has 0 bridgehead atoms. The third-order valence-electron chi connectivity index (χ3n) is 4.43. The molecule has 0 aliphatic carbocycles. The van der Waals surface area contributed by atoms with E-state index in [9.17, 15) is 4.79 Å². The smallest absolute Gasteiger partial charge is 0.224 e. The van der Waals surface area contributed by atoms with Gasteiger partial charge in [0.15, 0.2) is 5.82 Å². The summed E-state index contributed by atoms with van der Waals surface area (Å²) in [6.07, 6.45) is 4.84. The van der Waals surface area contributed by atoms with Crippen molar-refractivity contribution in [2.24, 2.45) is 0 Å².